The highest BCUT2D eigenvalue weighted by molar-refractivity contribution is 9.09. The SMILES string of the molecule is C=CCCCOC(=O)[C@H]1[C@H]2C(=O)N(CCCCO)C(C(=O)N(CC=C)CCCCC)C23CC(Br)[C@@H]1O3. The molecule has 1 N–H and O–H groups in total. The van der Waals surface area contributed by atoms with E-state index in [1.54, 1.807) is 22.0 Å². The van der Waals surface area contributed by atoms with Crippen LogP contribution in [-0.2, 0) is 23.9 Å². The predicted octanol–water partition coefficient (Wildman–Crippen LogP) is 3.22. The summed E-state index contributed by atoms with van der Waals surface area (Å²) in [6.07, 6.45) is 8.80. The molecule has 3 rings (SSSR count). The number of carbonyl (C=O) groups excluding carboxylic acids is 3. The monoisotopic (exact) mass is 568 g/mol. The van der Waals surface area contributed by atoms with Crippen LogP contribution >= 0.6 is 15.9 Å². The van der Waals surface area contributed by atoms with E-state index in [-0.39, 0.29) is 29.9 Å². The van der Waals surface area contributed by atoms with Gasteiger partial charge in [-0.2, -0.15) is 0 Å². The fourth-order valence-corrected chi connectivity index (χ4v) is 6.92. The summed E-state index contributed by atoms with van der Waals surface area (Å²) >= 11 is 3.68. The van der Waals surface area contributed by atoms with Crippen molar-refractivity contribution in [1.82, 2.24) is 9.80 Å². The second kappa shape index (κ2) is 13.2. The van der Waals surface area contributed by atoms with Gasteiger partial charge in [0.2, 0.25) is 11.8 Å². The lowest BCUT2D eigenvalue weighted by Gasteiger charge is -2.37. The number of allylic oxidation sites excluding steroid dienone is 1. The first-order valence-corrected chi connectivity index (χ1v) is 14.2. The van der Waals surface area contributed by atoms with Crippen molar-refractivity contribution in [2.75, 3.05) is 32.8 Å². The number of esters is 1. The van der Waals surface area contributed by atoms with Gasteiger partial charge in [0.05, 0.1) is 24.5 Å². The molecule has 3 heterocycles. The number of aliphatic hydroxyl groups excluding tert-OH is 1. The van der Waals surface area contributed by atoms with Gasteiger partial charge in [-0.1, -0.05) is 47.8 Å². The molecule has 3 aliphatic rings. The van der Waals surface area contributed by atoms with Crippen LogP contribution in [0.5, 0.6) is 0 Å². The third kappa shape index (κ3) is 5.58. The number of alkyl halides is 1. The Balaban J connectivity index is 1.92. The van der Waals surface area contributed by atoms with Gasteiger partial charge in [0.1, 0.15) is 11.6 Å². The van der Waals surface area contributed by atoms with Crippen LogP contribution in [0.4, 0.5) is 0 Å². The fraction of sp³-hybridized carbons (Fsp3) is 0.741. The molecule has 0 saturated carbocycles. The van der Waals surface area contributed by atoms with E-state index < -0.39 is 35.6 Å². The molecule has 0 aromatic heterocycles. The molecule has 3 unspecified atom stereocenters. The van der Waals surface area contributed by atoms with Crippen LogP contribution in [0.2, 0.25) is 0 Å². The van der Waals surface area contributed by atoms with E-state index in [9.17, 15) is 19.5 Å². The zero-order valence-electron chi connectivity index (χ0n) is 21.4. The number of amides is 2. The van der Waals surface area contributed by atoms with Crippen molar-refractivity contribution in [2.45, 2.75) is 80.9 Å². The summed E-state index contributed by atoms with van der Waals surface area (Å²) in [4.78, 5) is 44.4. The van der Waals surface area contributed by atoms with E-state index in [1.165, 1.54) is 0 Å². The Morgan fingerprint density at radius 2 is 2.03 bits per heavy atom. The normalized spacial score (nSPS) is 30.4. The average Bonchev–Trinajstić information content (AvgIpc) is 3.44. The Labute approximate surface area is 223 Å². The molecule has 9 heteroatoms. The summed E-state index contributed by atoms with van der Waals surface area (Å²) < 4.78 is 12.1. The number of fused-ring (bicyclic) bond motifs is 1. The van der Waals surface area contributed by atoms with Crippen LogP contribution in [0.15, 0.2) is 25.3 Å². The summed E-state index contributed by atoms with van der Waals surface area (Å²) in [5, 5.41) is 9.31. The summed E-state index contributed by atoms with van der Waals surface area (Å²) in [5.41, 5.74) is -1.08. The molecule has 2 amide bonds. The van der Waals surface area contributed by atoms with E-state index in [0.717, 1.165) is 25.7 Å². The molecule has 3 fully saturated rings. The highest BCUT2D eigenvalue weighted by Crippen LogP contribution is 2.60. The fourth-order valence-electron chi connectivity index (χ4n) is 5.98. The summed E-state index contributed by atoms with van der Waals surface area (Å²) in [5.74, 6) is -2.35. The largest absolute Gasteiger partial charge is 0.465 e. The van der Waals surface area contributed by atoms with E-state index in [4.69, 9.17) is 9.47 Å². The maximum Gasteiger partial charge on any atom is 0.312 e. The minimum atomic E-state index is -1.08. The van der Waals surface area contributed by atoms with Gasteiger partial charge in [-0.15, -0.1) is 13.2 Å². The number of nitrogens with zero attached hydrogens (tertiary/aromatic N) is 2. The number of aliphatic hydroxyl groups is 1. The number of halogens is 1. The van der Waals surface area contributed by atoms with Crippen LogP contribution in [0.25, 0.3) is 0 Å². The predicted molar refractivity (Wildman–Crippen MR) is 140 cm³/mol. The van der Waals surface area contributed by atoms with Gasteiger partial charge < -0.3 is 24.4 Å². The molecule has 36 heavy (non-hydrogen) atoms. The molecule has 0 aliphatic carbocycles. The highest BCUT2D eigenvalue weighted by Gasteiger charge is 2.77. The first-order valence-electron chi connectivity index (χ1n) is 13.3. The molecule has 0 aromatic rings. The van der Waals surface area contributed by atoms with Crippen LogP contribution in [0.3, 0.4) is 0 Å². The van der Waals surface area contributed by atoms with Gasteiger partial charge in [-0.25, -0.2) is 0 Å². The van der Waals surface area contributed by atoms with E-state index >= 15 is 0 Å². The number of hydrogen-bond donors (Lipinski definition) is 1. The molecular formula is C27H41BrN2O6. The molecule has 0 aromatic carbocycles. The number of rotatable bonds is 16. The maximum absolute atomic E-state index is 14.1. The van der Waals surface area contributed by atoms with Gasteiger partial charge in [-0.3, -0.25) is 14.4 Å². The number of carbonyl (C=O) groups is 3. The first-order chi connectivity index (χ1) is 17.4. The second-order valence-corrected chi connectivity index (χ2v) is 11.2. The van der Waals surface area contributed by atoms with Crippen LogP contribution < -0.4 is 0 Å². The van der Waals surface area contributed by atoms with Gasteiger partial charge in [-0.05, 0) is 38.5 Å². The number of unbranched alkanes of at least 4 members (excludes halogenated alkanes) is 4. The zero-order valence-corrected chi connectivity index (χ0v) is 23.0. The average molecular weight is 570 g/mol. The Morgan fingerprint density at radius 3 is 2.69 bits per heavy atom. The topological polar surface area (TPSA) is 96.4 Å². The Hall–Kier alpha value is -1.71. The minimum Gasteiger partial charge on any atom is -0.465 e. The minimum absolute atomic E-state index is 0.0104. The molecule has 3 saturated heterocycles. The van der Waals surface area contributed by atoms with E-state index in [0.29, 0.717) is 45.3 Å². The standard InChI is InChI=1S/C27H41BrN2O6/c1-4-7-9-14-29(13-6-3)25(33)23-27-18-19(28)22(36-27)20(26(34)35-17-12-8-5-2)21(27)24(32)30(23)15-10-11-16-31/h5-6,19-23,31H,2-4,7-18H2,1H3/t19?,20-,21-,22-,23?,27?/m0/s1. The number of hydrogen-bond acceptors (Lipinski definition) is 6. The summed E-state index contributed by atoms with van der Waals surface area (Å²) in [6, 6.07) is -0.820. The Kier molecular flexibility index (Phi) is 10.6. The van der Waals surface area contributed by atoms with Crippen molar-refractivity contribution >= 4 is 33.7 Å². The molecule has 202 valence electrons. The van der Waals surface area contributed by atoms with E-state index in [1.807, 2.05) is 0 Å². The van der Waals surface area contributed by atoms with Crippen molar-refractivity contribution in [3.63, 3.8) is 0 Å². The Morgan fingerprint density at radius 1 is 1.25 bits per heavy atom. The molecule has 3 aliphatic heterocycles. The summed E-state index contributed by atoms with van der Waals surface area (Å²) in [6.45, 7) is 11.2. The second-order valence-electron chi connectivity index (χ2n) is 10.0. The third-order valence-corrected chi connectivity index (χ3v) is 8.44. The molecule has 2 bridgehead atoms. The molecule has 1 spiro atoms. The smallest absolute Gasteiger partial charge is 0.312 e. The number of likely N-dealkylation sites (tertiary alicyclic amines) is 1. The van der Waals surface area contributed by atoms with Crippen LogP contribution in [0, 0.1) is 11.8 Å². The maximum atomic E-state index is 14.1. The van der Waals surface area contributed by atoms with Gasteiger partial charge in [0.15, 0.2) is 0 Å². The molecule has 0 radical (unpaired) electrons. The molecule has 6 atom stereocenters. The van der Waals surface area contributed by atoms with Crippen molar-refractivity contribution in [3.05, 3.63) is 25.3 Å². The van der Waals surface area contributed by atoms with Crippen molar-refractivity contribution in [3.8, 4) is 0 Å². The Bertz CT molecular complexity index is 822. The van der Waals surface area contributed by atoms with Crippen LogP contribution in [0.1, 0.15) is 58.3 Å². The van der Waals surface area contributed by atoms with Crippen molar-refractivity contribution in [2.24, 2.45) is 11.8 Å². The van der Waals surface area contributed by atoms with Gasteiger partial charge in [0.25, 0.3) is 0 Å². The molecular weight excluding hydrogens is 528 g/mol. The number of ether oxygens (including phenoxy) is 2. The van der Waals surface area contributed by atoms with Crippen molar-refractivity contribution < 1.29 is 29.0 Å². The molecule has 8 nitrogen and oxygen atoms in total. The van der Waals surface area contributed by atoms with Gasteiger partial charge >= 0.3 is 5.97 Å². The van der Waals surface area contributed by atoms with Crippen LogP contribution in [-0.4, -0.2) is 88.1 Å². The third-order valence-electron chi connectivity index (χ3n) is 7.59. The lowest BCUT2D eigenvalue weighted by Crippen LogP contribution is -2.57. The first kappa shape index (κ1) is 28.9. The van der Waals surface area contributed by atoms with Gasteiger partial charge in [0, 0.05) is 31.1 Å². The lowest BCUT2D eigenvalue weighted by molar-refractivity contribution is -0.155. The van der Waals surface area contributed by atoms with E-state index in [2.05, 4.69) is 36.0 Å². The quantitative estimate of drug-likeness (QED) is 0.133. The zero-order chi connectivity index (χ0) is 26.3. The summed E-state index contributed by atoms with van der Waals surface area (Å²) in [7, 11) is 0. The van der Waals surface area contributed by atoms with Crippen molar-refractivity contribution in [1.29, 1.82) is 0 Å². The highest BCUT2D eigenvalue weighted by atomic mass is 79.9. The lowest BCUT2D eigenvalue weighted by atomic mass is 9.70.